The SMILES string of the molecule is COc1ccc2c(c1)[nH]c1ncnc(N(C)C3CCCN(CCC#N)C3)c12. The van der Waals surface area contributed by atoms with Gasteiger partial charge in [0, 0.05) is 44.1 Å². The Morgan fingerprint density at radius 1 is 1.41 bits per heavy atom. The lowest BCUT2D eigenvalue weighted by molar-refractivity contribution is 0.210. The van der Waals surface area contributed by atoms with Crippen LogP contribution in [0, 0.1) is 11.3 Å². The molecular formula is C20H24N6O. The van der Waals surface area contributed by atoms with E-state index >= 15 is 0 Å². The molecule has 3 aromatic rings. The zero-order valence-corrected chi connectivity index (χ0v) is 15.8. The zero-order valence-electron chi connectivity index (χ0n) is 15.8. The van der Waals surface area contributed by atoms with Crippen LogP contribution in [0.15, 0.2) is 24.5 Å². The van der Waals surface area contributed by atoms with Crippen LogP contribution in [0.3, 0.4) is 0 Å². The monoisotopic (exact) mass is 364 g/mol. The van der Waals surface area contributed by atoms with E-state index in [4.69, 9.17) is 10.00 Å². The quantitative estimate of drug-likeness (QED) is 0.750. The molecule has 0 saturated carbocycles. The molecule has 1 N–H and O–H groups in total. The van der Waals surface area contributed by atoms with Gasteiger partial charge in [0.15, 0.2) is 0 Å². The first-order valence-corrected chi connectivity index (χ1v) is 9.34. The largest absolute Gasteiger partial charge is 0.497 e. The summed E-state index contributed by atoms with van der Waals surface area (Å²) in [5.74, 6) is 1.76. The van der Waals surface area contributed by atoms with Gasteiger partial charge >= 0.3 is 0 Å². The topological polar surface area (TPSA) is 81.1 Å². The Balaban J connectivity index is 1.69. The summed E-state index contributed by atoms with van der Waals surface area (Å²) in [4.78, 5) is 17.1. The number of nitriles is 1. The first kappa shape index (κ1) is 17.6. The number of aromatic nitrogens is 3. The lowest BCUT2D eigenvalue weighted by atomic mass is 10.0. The van der Waals surface area contributed by atoms with E-state index in [-0.39, 0.29) is 0 Å². The summed E-state index contributed by atoms with van der Waals surface area (Å²) < 4.78 is 5.34. The number of piperidine rings is 1. The van der Waals surface area contributed by atoms with Gasteiger partial charge in [0.1, 0.15) is 23.5 Å². The molecule has 1 fully saturated rings. The van der Waals surface area contributed by atoms with Gasteiger partial charge in [-0.3, -0.25) is 0 Å². The molecule has 140 valence electrons. The first-order chi connectivity index (χ1) is 13.2. The standard InChI is InChI=1S/C20H24N6O/c1-25(14-5-3-9-26(12-14)10-4-8-21)20-18-16-7-6-15(27-2)11-17(16)24-19(18)22-13-23-20/h6-7,11,13-14H,3-5,9-10,12H2,1-2H3,(H,22,23,24). The van der Waals surface area contributed by atoms with Crippen molar-refractivity contribution in [2.24, 2.45) is 0 Å². The van der Waals surface area contributed by atoms with E-state index in [0.717, 1.165) is 66.0 Å². The Morgan fingerprint density at radius 2 is 2.30 bits per heavy atom. The van der Waals surface area contributed by atoms with E-state index in [1.165, 1.54) is 0 Å². The minimum atomic E-state index is 0.374. The molecule has 1 saturated heterocycles. The molecule has 1 atom stereocenters. The van der Waals surface area contributed by atoms with Crippen LogP contribution in [0.25, 0.3) is 21.9 Å². The molecule has 3 heterocycles. The highest BCUT2D eigenvalue weighted by Gasteiger charge is 2.26. The van der Waals surface area contributed by atoms with Gasteiger partial charge in [-0.1, -0.05) is 0 Å². The number of hydrogen-bond acceptors (Lipinski definition) is 6. The average molecular weight is 364 g/mol. The van der Waals surface area contributed by atoms with Crippen molar-refractivity contribution in [1.82, 2.24) is 19.9 Å². The lowest BCUT2D eigenvalue weighted by Crippen LogP contribution is -2.47. The van der Waals surface area contributed by atoms with Crippen LogP contribution >= 0.6 is 0 Å². The second kappa shape index (κ2) is 7.41. The van der Waals surface area contributed by atoms with Crippen LogP contribution in [0.1, 0.15) is 19.3 Å². The van der Waals surface area contributed by atoms with Gasteiger partial charge in [0.05, 0.1) is 24.1 Å². The van der Waals surface area contributed by atoms with Crippen molar-refractivity contribution in [1.29, 1.82) is 5.26 Å². The van der Waals surface area contributed by atoms with Gasteiger partial charge in [-0.15, -0.1) is 0 Å². The van der Waals surface area contributed by atoms with E-state index in [0.29, 0.717) is 12.5 Å². The van der Waals surface area contributed by atoms with E-state index in [1.807, 2.05) is 12.1 Å². The van der Waals surface area contributed by atoms with Crippen LogP contribution in [0.5, 0.6) is 5.75 Å². The number of nitrogens with one attached hydrogen (secondary N) is 1. The van der Waals surface area contributed by atoms with Crippen molar-refractivity contribution in [3.8, 4) is 11.8 Å². The first-order valence-electron chi connectivity index (χ1n) is 9.34. The fourth-order valence-corrected chi connectivity index (χ4v) is 4.02. The van der Waals surface area contributed by atoms with Crippen molar-refractivity contribution in [3.05, 3.63) is 24.5 Å². The normalized spacial score (nSPS) is 17.9. The summed E-state index contributed by atoms with van der Waals surface area (Å²) in [6.07, 6.45) is 4.47. The maximum Gasteiger partial charge on any atom is 0.143 e. The minimum absolute atomic E-state index is 0.374. The van der Waals surface area contributed by atoms with E-state index in [2.05, 4.69) is 43.9 Å². The van der Waals surface area contributed by atoms with Crippen LogP contribution in [-0.2, 0) is 0 Å². The molecule has 0 amide bonds. The summed E-state index contributed by atoms with van der Waals surface area (Å²) in [6.45, 7) is 2.87. The average Bonchev–Trinajstić information content (AvgIpc) is 3.09. The molecule has 1 aromatic carbocycles. The van der Waals surface area contributed by atoms with Crippen molar-refractivity contribution >= 4 is 27.8 Å². The third-order valence-electron chi connectivity index (χ3n) is 5.48. The predicted molar refractivity (Wildman–Crippen MR) is 106 cm³/mol. The van der Waals surface area contributed by atoms with Gasteiger partial charge in [-0.05, 0) is 31.5 Å². The summed E-state index contributed by atoms with van der Waals surface area (Å²) >= 11 is 0. The highest BCUT2D eigenvalue weighted by atomic mass is 16.5. The van der Waals surface area contributed by atoms with Crippen LogP contribution in [0.4, 0.5) is 5.82 Å². The number of ether oxygens (including phenoxy) is 1. The third-order valence-corrected chi connectivity index (χ3v) is 5.48. The molecule has 2 aromatic heterocycles. The van der Waals surface area contributed by atoms with E-state index in [9.17, 15) is 0 Å². The molecule has 27 heavy (non-hydrogen) atoms. The van der Waals surface area contributed by atoms with Crippen molar-refractivity contribution in [2.45, 2.75) is 25.3 Å². The Hall–Kier alpha value is -2.85. The van der Waals surface area contributed by atoms with Crippen LogP contribution < -0.4 is 9.64 Å². The zero-order chi connectivity index (χ0) is 18.8. The molecule has 7 heteroatoms. The number of aromatic amines is 1. The minimum Gasteiger partial charge on any atom is -0.497 e. The molecule has 1 unspecified atom stereocenters. The molecule has 0 spiro atoms. The molecule has 7 nitrogen and oxygen atoms in total. The van der Waals surface area contributed by atoms with Gasteiger partial charge in [0.2, 0.25) is 0 Å². The van der Waals surface area contributed by atoms with E-state index < -0.39 is 0 Å². The van der Waals surface area contributed by atoms with Gasteiger partial charge in [-0.25, -0.2) is 9.97 Å². The molecule has 0 radical (unpaired) electrons. The molecule has 1 aliphatic heterocycles. The maximum absolute atomic E-state index is 8.87. The number of anilines is 1. The third kappa shape index (κ3) is 3.28. The molecular weight excluding hydrogens is 340 g/mol. The highest BCUT2D eigenvalue weighted by Crippen LogP contribution is 2.33. The number of likely N-dealkylation sites (N-methyl/N-ethyl adjacent to an activating group) is 1. The fourth-order valence-electron chi connectivity index (χ4n) is 4.02. The number of methoxy groups -OCH3 is 1. The van der Waals surface area contributed by atoms with Crippen molar-refractivity contribution in [3.63, 3.8) is 0 Å². The molecule has 1 aliphatic rings. The predicted octanol–water partition coefficient (Wildman–Crippen LogP) is 2.93. The van der Waals surface area contributed by atoms with Crippen LogP contribution in [0.2, 0.25) is 0 Å². The number of likely N-dealkylation sites (tertiary alicyclic amines) is 1. The Kier molecular flexibility index (Phi) is 4.82. The number of benzene rings is 1. The summed E-state index contributed by atoms with van der Waals surface area (Å²) in [6, 6.07) is 8.65. The van der Waals surface area contributed by atoms with E-state index in [1.54, 1.807) is 13.4 Å². The van der Waals surface area contributed by atoms with Gasteiger partial charge < -0.3 is 19.5 Å². The number of H-pyrrole nitrogens is 1. The maximum atomic E-state index is 8.87. The highest BCUT2D eigenvalue weighted by molar-refractivity contribution is 6.11. The second-order valence-corrected chi connectivity index (χ2v) is 7.07. The lowest BCUT2D eigenvalue weighted by Gasteiger charge is -2.38. The summed E-state index contributed by atoms with van der Waals surface area (Å²) in [5, 5.41) is 11.0. The smallest absolute Gasteiger partial charge is 0.143 e. The van der Waals surface area contributed by atoms with Crippen LogP contribution in [-0.4, -0.2) is 59.7 Å². The van der Waals surface area contributed by atoms with Crippen molar-refractivity contribution < 1.29 is 4.74 Å². The number of rotatable bonds is 5. The Morgan fingerprint density at radius 3 is 3.11 bits per heavy atom. The van der Waals surface area contributed by atoms with Crippen molar-refractivity contribution in [2.75, 3.05) is 38.7 Å². The molecule has 0 bridgehead atoms. The number of fused-ring (bicyclic) bond motifs is 3. The van der Waals surface area contributed by atoms with Gasteiger partial charge in [-0.2, -0.15) is 5.26 Å². The summed E-state index contributed by atoms with van der Waals surface area (Å²) in [5.41, 5.74) is 1.84. The van der Waals surface area contributed by atoms with Gasteiger partial charge in [0.25, 0.3) is 0 Å². The molecule has 4 rings (SSSR count). The summed E-state index contributed by atoms with van der Waals surface area (Å²) in [7, 11) is 3.78. The molecule has 0 aliphatic carbocycles. The number of hydrogen-bond donors (Lipinski definition) is 1. The Labute approximate surface area is 158 Å². The Bertz CT molecular complexity index is 991. The number of nitrogens with zero attached hydrogens (tertiary/aromatic N) is 5. The second-order valence-electron chi connectivity index (χ2n) is 7.07. The fraction of sp³-hybridized carbons (Fsp3) is 0.450.